The number of methoxy groups -OCH3 is 1. The monoisotopic (exact) mass is 810 g/mol. The number of para-hydroxylation sites is 2. The largest absolute Gasteiger partial charge is 0.508 e. The normalized spacial score (nSPS) is 13.9. The molecular formula is C58H54N2O2. The van der Waals surface area contributed by atoms with Crippen LogP contribution in [0.1, 0.15) is 64.8 Å². The molecule has 308 valence electrons. The summed E-state index contributed by atoms with van der Waals surface area (Å²) in [5.74, 6) is 1.16. The van der Waals surface area contributed by atoms with Crippen molar-refractivity contribution in [2.24, 2.45) is 0 Å². The highest BCUT2D eigenvalue weighted by molar-refractivity contribution is 6.13. The molecule has 3 aliphatic carbocycles. The quantitative estimate of drug-likeness (QED) is 0.147. The number of ether oxygens (including phenoxy) is 1. The summed E-state index contributed by atoms with van der Waals surface area (Å²) < 4.78 is 5.60. The second-order valence-electron chi connectivity index (χ2n) is 15.8. The molecular weight excluding hydrogens is 757 g/mol. The van der Waals surface area contributed by atoms with Crippen molar-refractivity contribution in [2.75, 3.05) is 24.0 Å². The van der Waals surface area contributed by atoms with Crippen molar-refractivity contribution in [3.05, 3.63) is 227 Å². The Bertz CT molecular complexity index is 2850. The number of hydrogen-bond donors (Lipinski definition) is 1. The highest BCUT2D eigenvalue weighted by Crippen LogP contribution is 2.58. The van der Waals surface area contributed by atoms with Gasteiger partial charge >= 0.3 is 0 Å². The zero-order valence-electron chi connectivity index (χ0n) is 36.7. The van der Waals surface area contributed by atoms with Crippen molar-refractivity contribution in [3.63, 3.8) is 0 Å². The molecule has 0 aromatic heterocycles. The second kappa shape index (κ2) is 17.7. The van der Waals surface area contributed by atoms with E-state index >= 15 is 0 Å². The van der Waals surface area contributed by atoms with Crippen LogP contribution in [0.3, 0.4) is 0 Å². The van der Waals surface area contributed by atoms with E-state index in [0.717, 1.165) is 52.6 Å². The van der Waals surface area contributed by atoms with Gasteiger partial charge in [-0.05, 0) is 191 Å². The van der Waals surface area contributed by atoms with Crippen LogP contribution in [0.2, 0.25) is 0 Å². The Morgan fingerprint density at radius 2 is 1.32 bits per heavy atom. The molecule has 0 fully saturated rings. The van der Waals surface area contributed by atoms with Crippen LogP contribution in [-0.4, -0.2) is 19.3 Å². The molecule has 0 atom stereocenters. The van der Waals surface area contributed by atoms with Crippen LogP contribution >= 0.6 is 0 Å². The van der Waals surface area contributed by atoms with E-state index in [9.17, 15) is 5.11 Å². The third-order valence-electron chi connectivity index (χ3n) is 12.3. The molecule has 3 aliphatic rings. The number of aromatic hydroxyl groups is 1. The van der Waals surface area contributed by atoms with Gasteiger partial charge in [0.25, 0.3) is 0 Å². The maximum atomic E-state index is 9.19. The van der Waals surface area contributed by atoms with Gasteiger partial charge in [-0.2, -0.15) is 0 Å². The van der Waals surface area contributed by atoms with E-state index in [1.165, 1.54) is 72.3 Å². The summed E-state index contributed by atoms with van der Waals surface area (Å²) in [5.41, 5.74) is 23.4. The Labute approximate surface area is 367 Å². The van der Waals surface area contributed by atoms with E-state index in [4.69, 9.17) is 11.3 Å². The number of hydrogen-bond acceptors (Lipinski definition) is 4. The molecule has 0 heterocycles. The average Bonchev–Trinajstić information content (AvgIpc) is 3.70. The molecule has 6 aromatic rings. The number of rotatable bonds is 9. The van der Waals surface area contributed by atoms with Crippen LogP contribution in [0.15, 0.2) is 182 Å². The van der Waals surface area contributed by atoms with Crippen molar-refractivity contribution in [3.8, 4) is 28.0 Å². The summed E-state index contributed by atoms with van der Waals surface area (Å²) in [6.07, 6.45) is 18.9. The molecule has 0 aliphatic heterocycles. The first-order chi connectivity index (χ1) is 30.2. The maximum Gasteiger partial charge on any atom is 0.115 e. The average molecular weight is 811 g/mol. The maximum absolute atomic E-state index is 9.19. The zero-order chi connectivity index (χ0) is 43.5. The van der Waals surface area contributed by atoms with Gasteiger partial charge in [0, 0.05) is 29.8 Å². The zero-order valence-corrected chi connectivity index (χ0v) is 36.7. The summed E-state index contributed by atoms with van der Waals surface area (Å²) in [6.45, 7) is 17.9. The SMILES string of the molecule is C=Cc1cccc2c1/C(=C\C)c1c(C)c3c(c(C)c1-2)C(=C)c1c-3ccc(N(C2=CCC=C(OC)C=C2)c2ccccc2)c1C/C=C\C.CN(c1ccccc1)c1ccc(O)cc1. The van der Waals surface area contributed by atoms with Crippen LogP contribution < -0.4 is 9.80 Å². The Morgan fingerprint density at radius 3 is 1.98 bits per heavy atom. The molecule has 0 amide bonds. The molecule has 0 saturated carbocycles. The number of anilines is 4. The van der Waals surface area contributed by atoms with Crippen molar-refractivity contribution in [1.29, 1.82) is 0 Å². The van der Waals surface area contributed by atoms with E-state index in [-0.39, 0.29) is 0 Å². The van der Waals surface area contributed by atoms with E-state index in [2.05, 4.69) is 147 Å². The highest BCUT2D eigenvalue weighted by atomic mass is 16.5. The topological polar surface area (TPSA) is 35.9 Å². The van der Waals surface area contributed by atoms with Crippen LogP contribution in [0.5, 0.6) is 5.75 Å². The summed E-state index contributed by atoms with van der Waals surface area (Å²) in [5, 5.41) is 9.19. The third kappa shape index (κ3) is 7.32. The summed E-state index contributed by atoms with van der Waals surface area (Å²) in [6, 6.07) is 39.2. The van der Waals surface area contributed by atoms with Gasteiger partial charge in [0.15, 0.2) is 0 Å². The van der Waals surface area contributed by atoms with Gasteiger partial charge in [-0.25, -0.2) is 0 Å². The van der Waals surface area contributed by atoms with E-state index in [1.807, 2.05) is 55.6 Å². The lowest BCUT2D eigenvalue weighted by Crippen LogP contribution is -2.17. The van der Waals surface area contributed by atoms with Gasteiger partial charge in [-0.3, -0.25) is 0 Å². The fourth-order valence-corrected chi connectivity index (χ4v) is 9.41. The van der Waals surface area contributed by atoms with Gasteiger partial charge in [-0.1, -0.05) is 104 Å². The Morgan fingerprint density at radius 1 is 0.677 bits per heavy atom. The van der Waals surface area contributed by atoms with Crippen molar-refractivity contribution >= 4 is 40.0 Å². The Balaban J connectivity index is 0.000000297. The van der Waals surface area contributed by atoms with E-state index in [1.54, 1.807) is 19.2 Å². The standard InChI is InChI=1S/C45H41NO.C13H13NO/c1-8-11-22-36-39(46(32-18-13-12-14-19-32)33-20-16-21-34(47-7)25-24-33)27-26-38-41(36)28(4)40-29(5)44-37-23-15-17-31(9-2)45(37)35(10-3)42(44)30(6)43(38)40;1-14(11-5-3-2-4-6-11)12-7-9-13(15)10-8-12/h8-15,17-21,23-27H,2,4,16,22H2,1,3,5-7H3;2-10,15H,1H3/b11-8-,35-10-;. The third-order valence-corrected chi connectivity index (χ3v) is 12.3. The van der Waals surface area contributed by atoms with Gasteiger partial charge in [0.05, 0.1) is 12.8 Å². The molecule has 4 nitrogen and oxygen atoms in total. The number of nitrogens with zero attached hydrogens (tertiary/aromatic N) is 2. The predicted octanol–water partition coefficient (Wildman–Crippen LogP) is 15.2. The lowest BCUT2D eigenvalue weighted by Gasteiger charge is -2.30. The molecule has 1 N–H and O–H groups in total. The first-order valence-corrected chi connectivity index (χ1v) is 21.3. The molecule has 4 heteroatoms. The number of benzene rings is 6. The van der Waals surface area contributed by atoms with Gasteiger partial charge in [-0.15, -0.1) is 0 Å². The van der Waals surface area contributed by atoms with Crippen LogP contribution in [0.25, 0.3) is 39.5 Å². The van der Waals surface area contributed by atoms with Crippen molar-refractivity contribution in [2.45, 2.75) is 40.5 Å². The molecule has 0 saturated heterocycles. The minimum atomic E-state index is 0.292. The summed E-state index contributed by atoms with van der Waals surface area (Å²) >= 11 is 0. The van der Waals surface area contributed by atoms with E-state index in [0.29, 0.717) is 5.75 Å². The Hall–Kier alpha value is -7.30. The molecule has 0 spiro atoms. The molecule has 6 aromatic carbocycles. The molecule has 62 heavy (non-hydrogen) atoms. The van der Waals surface area contributed by atoms with Crippen LogP contribution in [0.4, 0.5) is 22.7 Å². The Kier molecular flexibility index (Phi) is 11.9. The number of allylic oxidation sites excluding steroid dienone is 7. The fourth-order valence-electron chi connectivity index (χ4n) is 9.41. The minimum absolute atomic E-state index is 0.292. The van der Waals surface area contributed by atoms with Gasteiger partial charge < -0.3 is 19.6 Å². The summed E-state index contributed by atoms with van der Waals surface area (Å²) in [4.78, 5) is 4.46. The lowest BCUT2D eigenvalue weighted by molar-refractivity contribution is 0.306. The van der Waals surface area contributed by atoms with Gasteiger partial charge in [0.1, 0.15) is 11.5 Å². The van der Waals surface area contributed by atoms with Gasteiger partial charge in [0.2, 0.25) is 0 Å². The lowest BCUT2D eigenvalue weighted by atomic mass is 9.86. The highest BCUT2D eigenvalue weighted by Gasteiger charge is 2.37. The molecule has 0 bridgehead atoms. The minimum Gasteiger partial charge on any atom is -0.508 e. The molecule has 0 radical (unpaired) electrons. The number of fused-ring (bicyclic) bond motifs is 6. The van der Waals surface area contributed by atoms with E-state index < -0.39 is 0 Å². The predicted molar refractivity (Wildman–Crippen MR) is 264 cm³/mol. The van der Waals surface area contributed by atoms with Crippen molar-refractivity contribution < 1.29 is 9.84 Å². The van der Waals surface area contributed by atoms with Crippen LogP contribution in [0, 0.1) is 13.8 Å². The van der Waals surface area contributed by atoms with Crippen molar-refractivity contribution in [1.82, 2.24) is 0 Å². The van der Waals surface area contributed by atoms with Crippen LogP contribution in [-0.2, 0) is 11.2 Å². The fraction of sp³-hybridized carbons (Fsp3) is 0.138. The molecule has 9 rings (SSSR count). The number of phenolic OH excluding ortho intramolecular Hbond substituents is 1. The smallest absolute Gasteiger partial charge is 0.115 e. The number of phenols is 1. The first-order valence-electron chi connectivity index (χ1n) is 21.3. The molecule has 0 unspecified atom stereocenters. The first kappa shape index (κ1) is 41.4. The second-order valence-corrected chi connectivity index (χ2v) is 15.8. The summed E-state index contributed by atoms with van der Waals surface area (Å²) in [7, 11) is 3.73.